The number of rotatable bonds is 7. The SMILES string of the molecule is CCOC(=O)Cn1cc(CN2CCC[C@H]2c2c(C)noc2CC)c2ccccc21. The van der Waals surface area contributed by atoms with Crippen LogP contribution in [0.4, 0.5) is 0 Å². The van der Waals surface area contributed by atoms with Gasteiger partial charge >= 0.3 is 5.97 Å². The Bertz CT molecular complexity index is 1000. The molecule has 0 bridgehead atoms. The fourth-order valence-electron chi connectivity index (χ4n) is 4.59. The highest BCUT2D eigenvalue weighted by atomic mass is 16.5. The Hall–Kier alpha value is -2.60. The molecule has 0 aliphatic carbocycles. The number of benzene rings is 1. The Morgan fingerprint density at radius 2 is 2.14 bits per heavy atom. The highest BCUT2D eigenvalue weighted by molar-refractivity contribution is 5.85. The minimum Gasteiger partial charge on any atom is -0.465 e. The van der Waals surface area contributed by atoms with Crippen LogP contribution in [0.2, 0.25) is 0 Å². The van der Waals surface area contributed by atoms with E-state index in [0.717, 1.165) is 42.9 Å². The number of aryl methyl sites for hydroxylation is 2. The molecule has 1 saturated heterocycles. The molecule has 6 nitrogen and oxygen atoms in total. The van der Waals surface area contributed by atoms with Crippen molar-refractivity contribution in [1.82, 2.24) is 14.6 Å². The van der Waals surface area contributed by atoms with Gasteiger partial charge in [-0.3, -0.25) is 9.69 Å². The lowest BCUT2D eigenvalue weighted by Gasteiger charge is -2.24. The maximum Gasteiger partial charge on any atom is 0.325 e. The molecule has 4 rings (SSSR count). The van der Waals surface area contributed by atoms with Crippen LogP contribution in [0.1, 0.15) is 55.3 Å². The highest BCUT2D eigenvalue weighted by Crippen LogP contribution is 2.37. The standard InChI is InChI=1S/C23H29N3O3/c1-4-21-23(16(3)24-29-21)20-11-8-12-25(20)13-17-14-26(15-22(27)28-5-2)19-10-7-6-9-18(17)19/h6-7,9-10,14,20H,4-5,8,11-13,15H2,1-3H3/t20-/m0/s1. The van der Waals surface area contributed by atoms with Crippen LogP contribution >= 0.6 is 0 Å². The number of likely N-dealkylation sites (tertiary alicyclic amines) is 1. The van der Waals surface area contributed by atoms with E-state index in [1.807, 2.05) is 24.5 Å². The van der Waals surface area contributed by atoms with Gasteiger partial charge in [0.05, 0.1) is 12.3 Å². The monoisotopic (exact) mass is 395 g/mol. The summed E-state index contributed by atoms with van der Waals surface area (Å²) in [6, 6.07) is 8.61. The minimum atomic E-state index is -0.202. The summed E-state index contributed by atoms with van der Waals surface area (Å²) in [6.45, 7) is 8.53. The van der Waals surface area contributed by atoms with E-state index in [4.69, 9.17) is 9.26 Å². The number of carbonyl (C=O) groups excluding carboxylic acids is 1. The molecule has 29 heavy (non-hydrogen) atoms. The number of para-hydroxylation sites is 1. The van der Waals surface area contributed by atoms with Gasteiger partial charge < -0.3 is 13.8 Å². The quantitative estimate of drug-likeness (QED) is 0.555. The molecular weight excluding hydrogens is 366 g/mol. The molecular formula is C23H29N3O3. The maximum atomic E-state index is 12.1. The first-order valence-electron chi connectivity index (χ1n) is 10.5. The van der Waals surface area contributed by atoms with Crippen molar-refractivity contribution in [2.24, 2.45) is 0 Å². The second-order valence-electron chi connectivity index (χ2n) is 7.69. The fourth-order valence-corrected chi connectivity index (χ4v) is 4.59. The molecule has 3 heterocycles. The van der Waals surface area contributed by atoms with E-state index in [1.165, 1.54) is 22.9 Å². The molecule has 1 aromatic carbocycles. The van der Waals surface area contributed by atoms with E-state index in [2.05, 4.69) is 41.4 Å². The molecule has 1 aliphatic rings. The number of esters is 1. The average Bonchev–Trinajstić information content (AvgIpc) is 3.40. The normalized spacial score (nSPS) is 17.3. The first-order valence-corrected chi connectivity index (χ1v) is 10.5. The molecule has 154 valence electrons. The lowest BCUT2D eigenvalue weighted by atomic mass is 10.0. The number of aromatic nitrogens is 2. The average molecular weight is 396 g/mol. The van der Waals surface area contributed by atoms with Gasteiger partial charge in [-0.25, -0.2) is 0 Å². The Kier molecular flexibility index (Phi) is 5.72. The van der Waals surface area contributed by atoms with Crippen LogP contribution in [0.3, 0.4) is 0 Å². The molecule has 1 aliphatic heterocycles. The van der Waals surface area contributed by atoms with Gasteiger partial charge in [0.2, 0.25) is 0 Å². The van der Waals surface area contributed by atoms with E-state index in [1.54, 1.807) is 0 Å². The van der Waals surface area contributed by atoms with Gasteiger partial charge in [0.15, 0.2) is 0 Å². The van der Waals surface area contributed by atoms with Crippen LogP contribution < -0.4 is 0 Å². The summed E-state index contributed by atoms with van der Waals surface area (Å²) in [7, 11) is 0. The van der Waals surface area contributed by atoms with Gasteiger partial charge in [-0.1, -0.05) is 30.3 Å². The zero-order valence-electron chi connectivity index (χ0n) is 17.5. The molecule has 3 aromatic rings. The molecule has 0 saturated carbocycles. The van der Waals surface area contributed by atoms with Crippen LogP contribution in [0.25, 0.3) is 10.9 Å². The molecule has 6 heteroatoms. The lowest BCUT2D eigenvalue weighted by molar-refractivity contribution is -0.143. The first-order chi connectivity index (χ1) is 14.1. The lowest BCUT2D eigenvalue weighted by Crippen LogP contribution is -2.23. The van der Waals surface area contributed by atoms with Gasteiger partial charge in [-0.15, -0.1) is 0 Å². The number of hydrogen-bond acceptors (Lipinski definition) is 5. The number of ether oxygens (including phenoxy) is 1. The minimum absolute atomic E-state index is 0.202. The van der Waals surface area contributed by atoms with Gasteiger partial charge in [-0.2, -0.15) is 0 Å². The summed E-state index contributed by atoms with van der Waals surface area (Å²) in [5.41, 5.74) is 4.58. The molecule has 1 atom stereocenters. The van der Waals surface area contributed by atoms with Crippen molar-refractivity contribution in [2.45, 2.75) is 59.2 Å². The molecule has 0 amide bonds. The highest BCUT2D eigenvalue weighted by Gasteiger charge is 2.31. The van der Waals surface area contributed by atoms with Crippen molar-refractivity contribution in [2.75, 3.05) is 13.2 Å². The Morgan fingerprint density at radius 3 is 2.93 bits per heavy atom. The van der Waals surface area contributed by atoms with Crippen molar-refractivity contribution in [3.63, 3.8) is 0 Å². The summed E-state index contributed by atoms with van der Waals surface area (Å²) in [4.78, 5) is 14.6. The van der Waals surface area contributed by atoms with Crippen LogP contribution in [0, 0.1) is 6.92 Å². The number of hydrogen-bond donors (Lipinski definition) is 0. The van der Waals surface area contributed by atoms with Crippen molar-refractivity contribution >= 4 is 16.9 Å². The third kappa shape index (κ3) is 3.81. The van der Waals surface area contributed by atoms with Crippen molar-refractivity contribution < 1.29 is 14.1 Å². The Labute approximate surface area is 171 Å². The van der Waals surface area contributed by atoms with Crippen molar-refractivity contribution in [3.05, 3.63) is 53.0 Å². The van der Waals surface area contributed by atoms with E-state index < -0.39 is 0 Å². The number of fused-ring (bicyclic) bond motifs is 1. The van der Waals surface area contributed by atoms with E-state index in [-0.39, 0.29) is 12.5 Å². The largest absolute Gasteiger partial charge is 0.465 e. The third-order valence-electron chi connectivity index (χ3n) is 5.85. The maximum absolute atomic E-state index is 12.1. The number of carbonyl (C=O) groups is 1. The predicted octanol–water partition coefficient (Wildman–Crippen LogP) is 4.40. The third-order valence-corrected chi connectivity index (χ3v) is 5.85. The summed E-state index contributed by atoms with van der Waals surface area (Å²) >= 11 is 0. The van der Waals surface area contributed by atoms with Crippen LogP contribution in [-0.4, -0.2) is 33.7 Å². The Morgan fingerprint density at radius 1 is 1.31 bits per heavy atom. The Balaban J connectivity index is 1.63. The summed E-state index contributed by atoms with van der Waals surface area (Å²) in [5.74, 6) is 0.802. The summed E-state index contributed by atoms with van der Waals surface area (Å²) in [5, 5.41) is 5.42. The molecule has 1 fully saturated rings. The van der Waals surface area contributed by atoms with Crippen LogP contribution in [0.5, 0.6) is 0 Å². The fraction of sp³-hybridized carbons (Fsp3) is 0.478. The molecule has 0 unspecified atom stereocenters. The second kappa shape index (κ2) is 8.41. The van der Waals surface area contributed by atoms with E-state index >= 15 is 0 Å². The number of nitrogens with zero attached hydrogens (tertiary/aromatic N) is 3. The zero-order chi connectivity index (χ0) is 20.4. The van der Waals surface area contributed by atoms with E-state index in [0.29, 0.717) is 12.6 Å². The van der Waals surface area contributed by atoms with Crippen LogP contribution in [-0.2, 0) is 29.0 Å². The second-order valence-corrected chi connectivity index (χ2v) is 7.69. The molecule has 2 aromatic heterocycles. The smallest absolute Gasteiger partial charge is 0.325 e. The predicted molar refractivity (Wildman–Crippen MR) is 112 cm³/mol. The first kappa shape index (κ1) is 19.7. The van der Waals surface area contributed by atoms with Crippen LogP contribution in [0.15, 0.2) is 35.0 Å². The summed E-state index contributed by atoms with van der Waals surface area (Å²) in [6.07, 6.45) is 5.26. The van der Waals surface area contributed by atoms with Gasteiger partial charge in [-0.05, 0) is 44.9 Å². The summed E-state index contributed by atoms with van der Waals surface area (Å²) < 4.78 is 12.7. The molecule has 0 N–H and O–H groups in total. The molecule has 0 radical (unpaired) electrons. The topological polar surface area (TPSA) is 60.5 Å². The molecule has 0 spiro atoms. The van der Waals surface area contributed by atoms with Gasteiger partial charge in [0.1, 0.15) is 12.3 Å². The van der Waals surface area contributed by atoms with Crippen molar-refractivity contribution in [1.29, 1.82) is 0 Å². The van der Waals surface area contributed by atoms with Crippen molar-refractivity contribution in [3.8, 4) is 0 Å². The van der Waals surface area contributed by atoms with Gasteiger partial charge in [0.25, 0.3) is 0 Å². The van der Waals surface area contributed by atoms with Gasteiger partial charge in [0, 0.05) is 41.7 Å². The van der Waals surface area contributed by atoms with E-state index in [9.17, 15) is 4.79 Å². The zero-order valence-corrected chi connectivity index (χ0v) is 17.5.